The molecule has 2 amide bonds. The number of carbonyl (C=O) groups excluding carboxylic acids is 2. The van der Waals surface area contributed by atoms with Crippen LogP contribution in [0.1, 0.15) is 41.1 Å². The standard InChI is InChI=1S/C18H19N3O3/c22-16-10-15(13-2-1-6-19-11-13)18(20-16)4-7-21(8-5-18)17(23)14-3-9-24-12-14/h1-3,6,9,11-12,15H,4-5,7-8,10H2,(H,20,22). The molecule has 4 rings (SSSR count). The Morgan fingerprint density at radius 3 is 2.83 bits per heavy atom. The minimum absolute atomic E-state index is 0.0131. The molecule has 6 heteroatoms. The molecule has 2 aliphatic rings. The van der Waals surface area contributed by atoms with Crippen molar-refractivity contribution in [3.05, 3.63) is 54.2 Å². The van der Waals surface area contributed by atoms with Gasteiger partial charge in [-0.1, -0.05) is 6.07 Å². The molecule has 2 fully saturated rings. The minimum atomic E-state index is -0.271. The molecule has 2 saturated heterocycles. The smallest absolute Gasteiger partial charge is 0.257 e. The average Bonchev–Trinajstić information content (AvgIpc) is 3.24. The largest absolute Gasteiger partial charge is 0.472 e. The van der Waals surface area contributed by atoms with E-state index in [9.17, 15) is 9.59 Å². The SMILES string of the molecule is O=C1CC(c2cccnc2)C2(CCN(C(=O)c3ccoc3)CC2)N1. The molecule has 0 radical (unpaired) electrons. The topological polar surface area (TPSA) is 75.4 Å². The summed E-state index contributed by atoms with van der Waals surface area (Å²) in [6, 6.07) is 5.62. The third kappa shape index (κ3) is 2.48. The zero-order valence-electron chi connectivity index (χ0n) is 13.3. The highest BCUT2D eigenvalue weighted by molar-refractivity contribution is 5.94. The number of nitrogens with zero attached hydrogens (tertiary/aromatic N) is 2. The number of furan rings is 1. The predicted molar refractivity (Wildman–Crippen MR) is 86.3 cm³/mol. The summed E-state index contributed by atoms with van der Waals surface area (Å²) in [5.74, 6) is 0.184. The van der Waals surface area contributed by atoms with Crippen LogP contribution in [0.5, 0.6) is 0 Å². The maximum absolute atomic E-state index is 12.4. The van der Waals surface area contributed by atoms with E-state index >= 15 is 0 Å². The first-order chi connectivity index (χ1) is 11.7. The molecule has 24 heavy (non-hydrogen) atoms. The van der Waals surface area contributed by atoms with Gasteiger partial charge in [-0.05, 0) is 30.5 Å². The van der Waals surface area contributed by atoms with E-state index in [1.54, 1.807) is 12.3 Å². The summed E-state index contributed by atoms with van der Waals surface area (Å²) in [6.07, 6.45) is 8.56. The van der Waals surface area contributed by atoms with E-state index in [-0.39, 0.29) is 23.3 Å². The van der Waals surface area contributed by atoms with Crippen LogP contribution < -0.4 is 5.32 Å². The molecule has 0 aromatic carbocycles. The highest BCUT2D eigenvalue weighted by Crippen LogP contribution is 2.43. The molecule has 0 aliphatic carbocycles. The van der Waals surface area contributed by atoms with Crippen molar-refractivity contribution in [2.24, 2.45) is 0 Å². The van der Waals surface area contributed by atoms with Gasteiger partial charge in [-0.25, -0.2) is 0 Å². The molecule has 1 spiro atoms. The first kappa shape index (κ1) is 14.9. The molecule has 6 nitrogen and oxygen atoms in total. The van der Waals surface area contributed by atoms with Gasteiger partial charge < -0.3 is 14.6 Å². The van der Waals surface area contributed by atoms with E-state index in [1.807, 2.05) is 23.2 Å². The lowest BCUT2D eigenvalue weighted by molar-refractivity contribution is -0.120. The van der Waals surface area contributed by atoms with Gasteiger partial charge >= 0.3 is 0 Å². The Morgan fingerprint density at radius 1 is 1.33 bits per heavy atom. The fourth-order valence-electron chi connectivity index (χ4n) is 3.97. The molecule has 4 heterocycles. The maximum Gasteiger partial charge on any atom is 0.257 e. The van der Waals surface area contributed by atoms with Gasteiger partial charge in [0.15, 0.2) is 0 Å². The summed E-state index contributed by atoms with van der Waals surface area (Å²) in [6.45, 7) is 1.25. The van der Waals surface area contributed by atoms with Gasteiger partial charge in [0.25, 0.3) is 5.91 Å². The van der Waals surface area contributed by atoms with Gasteiger partial charge in [0, 0.05) is 37.8 Å². The quantitative estimate of drug-likeness (QED) is 0.916. The number of aromatic nitrogens is 1. The summed E-state index contributed by atoms with van der Waals surface area (Å²) in [4.78, 5) is 30.6. The third-order valence-electron chi connectivity index (χ3n) is 5.24. The van der Waals surface area contributed by atoms with Crippen molar-refractivity contribution < 1.29 is 14.0 Å². The van der Waals surface area contributed by atoms with E-state index in [0.29, 0.717) is 25.1 Å². The van der Waals surface area contributed by atoms with E-state index in [0.717, 1.165) is 18.4 Å². The monoisotopic (exact) mass is 325 g/mol. The van der Waals surface area contributed by atoms with Crippen molar-refractivity contribution in [1.29, 1.82) is 0 Å². The number of pyridine rings is 1. The summed E-state index contributed by atoms with van der Waals surface area (Å²) >= 11 is 0. The number of nitrogens with one attached hydrogen (secondary N) is 1. The lowest BCUT2D eigenvalue weighted by Crippen LogP contribution is -2.54. The lowest BCUT2D eigenvalue weighted by atomic mass is 9.74. The zero-order chi connectivity index (χ0) is 16.6. The first-order valence-electron chi connectivity index (χ1n) is 8.20. The van der Waals surface area contributed by atoms with Gasteiger partial charge in [0.2, 0.25) is 5.91 Å². The number of carbonyl (C=O) groups is 2. The number of amides is 2. The molecule has 124 valence electrons. The summed E-state index contributed by atoms with van der Waals surface area (Å²) < 4.78 is 5.00. The number of rotatable bonds is 2. The van der Waals surface area contributed by atoms with Crippen LogP contribution in [0.2, 0.25) is 0 Å². The van der Waals surface area contributed by atoms with Crippen LogP contribution in [0.4, 0.5) is 0 Å². The van der Waals surface area contributed by atoms with Gasteiger partial charge in [0.1, 0.15) is 6.26 Å². The summed E-state index contributed by atoms with van der Waals surface area (Å²) in [5.41, 5.74) is 1.39. The predicted octanol–water partition coefficient (Wildman–Crippen LogP) is 1.95. The Balaban J connectivity index is 1.52. The Morgan fingerprint density at radius 2 is 2.17 bits per heavy atom. The molecule has 1 unspecified atom stereocenters. The van der Waals surface area contributed by atoms with E-state index in [4.69, 9.17) is 4.42 Å². The van der Waals surface area contributed by atoms with E-state index in [1.165, 1.54) is 12.5 Å². The molecular formula is C18H19N3O3. The van der Waals surface area contributed by atoms with Crippen molar-refractivity contribution in [2.75, 3.05) is 13.1 Å². The Labute approximate surface area is 139 Å². The summed E-state index contributed by atoms with van der Waals surface area (Å²) in [5, 5.41) is 3.19. The Bertz CT molecular complexity index is 734. The van der Waals surface area contributed by atoms with Crippen molar-refractivity contribution in [1.82, 2.24) is 15.2 Å². The van der Waals surface area contributed by atoms with Crippen LogP contribution in [0, 0.1) is 0 Å². The second-order valence-electron chi connectivity index (χ2n) is 6.55. The van der Waals surface area contributed by atoms with Crippen molar-refractivity contribution in [2.45, 2.75) is 30.7 Å². The fraction of sp³-hybridized carbons (Fsp3) is 0.389. The molecule has 0 saturated carbocycles. The molecule has 0 bridgehead atoms. The molecular weight excluding hydrogens is 306 g/mol. The highest BCUT2D eigenvalue weighted by atomic mass is 16.3. The highest BCUT2D eigenvalue weighted by Gasteiger charge is 2.49. The van der Waals surface area contributed by atoms with Crippen molar-refractivity contribution >= 4 is 11.8 Å². The van der Waals surface area contributed by atoms with Crippen LogP contribution in [0.15, 0.2) is 47.5 Å². The van der Waals surface area contributed by atoms with E-state index in [2.05, 4.69) is 10.3 Å². The number of hydrogen-bond donors (Lipinski definition) is 1. The van der Waals surface area contributed by atoms with Crippen LogP contribution in [0.3, 0.4) is 0 Å². The maximum atomic E-state index is 12.4. The van der Waals surface area contributed by atoms with Crippen LogP contribution in [0.25, 0.3) is 0 Å². The second-order valence-corrected chi connectivity index (χ2v) is 6.55. The lowest BCUT2D eigenvalue weighted by Gasteiger charge is -2.42. The van der Waals surface area contributed by atoms with Gasteiger partial charge in [-0.15, -0.1) is 0 Å². The number of likely N-dealkylation sites (tertiary alicyclic amines) is 1. The van der Waals surface area contributed by atoms with Crippen LogP contribution >= 0.6 is 0 Å². The van der Waals surface area contributed by atoms with Gasteiger partial charge in [-0.3, -0.25) is 14.6 Å². The van der Waals surface area contributed by atoms with Gasteiger partial charge in [-0.2, -0.15) is 0 Å². The van der Waals surface area contributed by atoms with E-state index < -0.39 is 0 Å². The fourth-order valence-corrected chi connectivity index (χ4v) is 3.97. The Kier molecular flexibility index (Phi) is 3.59. The first-order valence-corrected chi connectivity index (χ1v) is 8.20. The number of piperidine rings is 1. The molecule has 2 aromatic rings. The third-order valence-corrected chi connectivity index (χ3v) is 5.24. The number of hydrogen-bond acceptors (Lipinski definition) is 4. The molecule has 1 atom stereocenters. The molecule has 2 aliphatic heterocycles. The normalized spacial score (nSPS) is 22.6. The summed E-state index contributed by atoms with van der Waals surface area (Å²) in [7, 11) is 0. The minimum Gasteiger partial charge on any atom is -0.472 e. The zero-order valence-corrected chi connectivity index (χ0v) is 13.3. The van der Waals surface area contributed by atoms with Crippen LogP contribution in [-0.2, 0) is 4.79 Å². The van der Waals surface area contributed by atoms with Crippen molar-refractivity contribution in [3.63, 3.8) is 0 Å². The van der Waals surface area contributed by atoms with Crippen LogP contribution in [-0.4, -0.2) is 40.3 Å². The van der Waals surface area contributed by atoms with Gasteiger partial charge in [0.05, 0.1) is 17.4 Å². The molecule has 1 N–H and O–H groups in total. The average molecular weight is 325 g/mol. The molecule has 2 aromatic heterocycles. The Hall–Kier alpha value is -2.63. The van der Waals surface area contributed by atoms with Crippen molar-refractivity contribution in [3.8, 4) is 0 Å². The second kappa shape index (κ2) is 5.78.